The summed E-state index contributed by atoms with van der Waals surface area (Å²) in [4.78, 5) is 0. The largest absolute Gasteiger partial charge is 0.457 e. The van der Waals surface area contributed by atoms with Crippen molar-refractivity contribution >= 4 is 0 Å². The molecule has 0 spiro atoms. The lowest BCUT2D eigenvalue weighted by Gasteiger charge is -2.10. The fraction of sp³-hybridized carbons (Fsp3) is 0.143. The van der Waals surface area contributed by atoms with Gasteiger partial charge in [-0.3, -0.25) is 0 Å². The van der Waals surface area contributed by atoms with Gasteiger partial charge in [0.15, 0.2) is 0 Å². The predicted octanol–water partition coefficient (Wildman–Crippen LogP) is 4.13. The summed E-state index contributed by atoms with van der Waals surface area (Å²) >= 11 is 0. The van der Waals surface area contributed by atoms with Gasteiger partial charge in [0.25, 0.3) is 0 Å². The minimum absolute atomic E-state index is 0.923. The van der Waals surface area contributed by atoms with Gasteiger partial charge >= 0.3 is 0 Å². The van der Waals surface area contributed by atoms with Crippen molar-refractivity contribution in [2.45, 2.75) is 13.8 Å². The third-order valence-electron chi connectivity index (χ3n) is 2.41. The molecule has 2 rings (SSSR count). The zero-order valence-corrected chi connectivity index (χ0v) is 9.92. The van der Waals surface area contributed by atoms with Gasteiger partial charge in [0.05, 0.1) is 0 Å². The molecule has 0 heterocycles. The van der Waals surface area contributed by atoms with E-state index in [0.29, 0.717) is 0 Å². The van der Waals surface area contributed by atoms with Crippen molar-refractivity contribution in [3.8, 4) is 11.5 Å². The standard InChI is InChI=1S/C14H14O.N2/c1-11-7-3-5-9-13(11)15-14-10-6-4-8-12(14)2;1-2/h3-10H,1-2H3;. The Morgan fingerprint density at radius 2 is 1.06 bits per heavy atom. The monoisotopic (exact) mass is 226 g/mol. The second kappa shape index (κ2) is 6.29. The van der Waals surface area contributed by atoms with E-state index < -0.39 is 0 Å². The van der Waals surface area contributed by atoms with Crippen LogP contribution in [-0.2, 0) is 0 Å². The van der Waals surface area contributed by atoms with Gasteiger partial charge < -0.3 is 4.74 Å². The summed E-state index contributed by atoms with van der Waals surface area (Å²) < 4.78 is 5.84. The maximum Gasteiger partial charge on any atom is 0.130 e. The first-order valence-corrected chi connectivity index (χ1v) is 5.26. The average molecular weight is 226 g/mol. The molecule has 3 nitrogen and oxygen atoms in total. The van der Waals surface area contributed by atoms with Crippen LogP contribution in [0.3, 0.4) is 0 Å². The Balaban J connectivity index is 0.000000686. The zero-order valence-electron chi connectivity index (χ0n) is 9.92. The van der Waals surface area contributed by atoms with Crippen LogP contribution in [-0.4, -0.2) is 0 Å². The number of aryl methyl sites for hydroxylation is 2. The van der Waals surface area contributed by atoms with E-state index in [2.05, 4.69) is 0 Å². The molecule has 0 saturated heterocycles. The number of nitrogens with zero attached hydrogens (tertiary/aromatic N) is 2. The van der Waals surface area contributed by atoms with Crippen LogP contribution in [0.15, 0.2) is 48.5 Å². The molecular weight excluding hydrogens is 212 g/mol. The molecule has 0 atom stereocenters. The first-order valence-electron chi connectivity index (χ1n) is 5.26. The summed E-state index contributed by atoms with van der Waals surface area (Å²) in [5, 5.41) is 12.0. The number of hydrogen-bond acceptors (Lipinski definition) is 3. The number of hydrogen-bond donors (Lipinski definition) is 0. The predicted molar refractivity (Wildman–Crippen MR) is 65.9 cm³/mol. The van der Waals surface area contributed by atoms with Crippen LogP contribution in [0, 0.1) is 24.6 Å². The van der Waals surface area contributed by atoms with Crippen LogP contribution in [0.1, 0.15) is 11.1 Å². The molecule has 0 fully saturated rings. The van der Waals surface area contributed by atoms with E-state index in [1.165, 1.54) is 0 Å². The average Bonchev–Trinajstić information content (AvgIpc) is 2.37. The molecule has 0 bridgehead atoms. The second-order valence-electron chi connectivity index (χ2n) is 3.63. The first kappa shape index (κ1) is 12.7. The summed E-state index contributed by atoms with van der Waals surface area (Å²) in [7, 11) is 0. The van der Waals surface area contributed by atoms with Gasteiger partial charge in [-0.2, -0.15) is 0 Å². The Labute approximate surface area is 101 Å². The Morgan fingerprint density at radius 3 is 1.41 bits per heavy atom. The van der Waals surface area contributed by atoms with Crippen LogP contribution < -0.4 is 4.74 Å². The maximum absolute atomic E-state index is 6.00. The molecule has 0 amide bonds. The van der Waals surface area contributed by atoms with Crippen molar-refractivity contribution in [3.05, 3.63) is 59.7 Å². The molecule has 0 N–H and O–H groups in total. The number of rotatable bonds is 2. The zero-order chi connectivity index (χ0) is 12.7. The molecule has 86 valence electrons. The smallest absolute Gasteiger partial charge is 0.130 e. The lowest BCUT2D eigenvalue weighted by molar-refractivity contribution is 0.475. The molecule has 0 unspecified atom stereocenters. The molecule has 2 aromatic rings. The first-order chi connectivity index (χ1) is 8.27. The lowest BCUT2D eigenvalue weighted by Crippen LogP contribution is -1.88. The number of ether oxygens (including phenoxy) is 1. The van der Waals surface area contributed by atoms with Gasteiger partial charge in [-0.1, -0.05) is 36.4 Å². The molecule has 0 aliphatic rings. The van der Waals surface area contributed by atoms with Crippen LogP contribution in [0.2, 0.25) is 0 Å². The van der Waals surface area contributed by atoms with Gasteiger partial charge in [0, 0.05) is 10.8 Å². The Kier molecular flexibility index (Phi) is 4.71. The van der Waals surface area contributed by atoms with Crippen molar-refractivity contribution in [2.24, 2.45) is 0 Å². The topological polar surface area (TPSA) is 56.8 Å². The second-order valence-corrected chi connectivity index (χ2v) is 3.63. The highest BCUT2D eigenvalue weighted by Crippen LogP contribution is 2.26. The van der Waals surface area contributed by atoms with Crippen molar-refractivity contribution in [3.63, 3.8) is 0 Å². The summed E-state index contributed by atoms with van der Waals surface area (Å²) in [6.07, 6.45) is 0. The van der Waals surface area contributed by atoms with Gasteiger partial charge in [0.1, 0.15) is 11.5 Å². The van der Waals surface area contributed by atoms with Crippen LogP contribution >= 0.6 is 0 Å². The van der Waals surface area contributed by atoms with Crippen molar-refractivity contribution in [2.75, 3.05) is 0 Å². The van der Waals surface area contributed by atoms with Crippen molar-refractivity contribution < 1.29 is 4.74 Å². The van der Waals surface area contributed by atoms with Crippen LogP contribution in [0.25, 0.3) is 0 Å². The van der Waals surface area contributed by atoms with E-state index >= 15 is 0 Å². The van der Waals surface area contributed by atoms with E-state index in [0.717, 1.165) is 22.6 Å². The third kappa shape index (κ3) is 3.32. The minimum Gasteiger partial charge on any atom is -0.457 e. The molecule has 0 aliphatic carbocycles. The quantitative estimate of drug-likeness (QED) is 0.723. The van der Waals surface area contributed by atoms with Crippen LogP contribution in [0.4, 0.5) is 0 Å². The summed E-state index contributed by atoms with van der Waals surface area (Å²) in [5.41, 5.74) is 2.31. The molecule has 17 heavy (non-hydrogen) atoms. The lowest BCUT2D eigenvalue weighted by atomic mass is 10.2. The van der Waals surface area contributed by atoms with Gasteiger partial charge in [-0.15, -0.1) is 0 Å². The SMILES string of the molecule is Cc1ccccc1Oc1ccccc1C.N#N. The Hall–Kier alpha value is -2.34. The summed E-state index contributed by atoms with van der Waals surface area (Å²) in [6, 6.07) is 16.1. The molecule has 0 aliphatic heterocycles. The van der Waals surface area contributed by atoms with E-state index in [1.54, 1.807) is 0 Å². The van der Waals surface area contributed by atoms with Crippen LogP contribution in [0.5, 0.6) is 11.5 Å². The van der Waals surface area contributed by atoms with E-state index in [9.17, 15) is 0 Å². The number of para-hydroxylation sites is 2. The van der Waals surface area contributed by atoms with Gasteiger partial charge in [0.2, 0.25) is 0 Å². The molecule has 3 heteroatoms. The Morgan fingerprint density at radius 1 is 0.706 bits per heavy atom. The molecule has 2 aromatic carbocycles. The summed E-state index contributed by atoms with van der Waals surface area (Å²) in [6.45, 7) is 4.10. The third-order valence-corrected chi connectivity index (χ3v) is 2.41. The minimum atomic E-state index is 0.923. The molecule has 0 saturated carbocycles. The normalized spacial score (nSPS) is 8.94. The highest BCUT2D eigenvalue weighted by atomic mass is 16.5. The van der Waals surface area contributed by atoms with Crippen molar-refractivity contribution in [1.82, 2.24) is 0 Å². The van der Waals surface area contributed by atoms with E-state index in [4.69, 9.17) is 15.5 Å². The highest BCUT2D eigenvalue weighted by molar-refractivity contribution is 5.40. The summed E-state index contributed by atoms with van der Waals surface area (Å²) in [5.74, 6) is 1.85. The van der Waals surface area contributed by atoms with Gasteiger partial charge in [-0.25, -0.2) is 0 Å². The molecule has 0 radical (unpaired) electrons. The van der Waals surface area contributed by atoms with E-state index in [1.807, 2.05) is 62.4 Å². The fourth-order valence-corrected chi connectivity index (χ4v) is 1.46. The fourth-order valence-electron chi connectivity index (χ4n) is 1.46. The van der Waals surface area contributed by atoms with Crippen molar-refractivity contribution in [1.29, 1.82) is 10.8 Å². The molecular formula is C14H14N2O. The van der Waals surface area contributed by atoms with E-state index in [-0.39, 0.29) is 0 Å². The molecule has 0 aromatic heterocycles. The van der Waals surface area contributed by atoms with Gasteiger partial charge in [-0.05, 0) is 37.1 Å². The highest BCUT2D eigenvalue weighted by Gasteiger charge is 2.01. The maximum atomic E-state index is 6.00. The Bertz CT molecular complexity index is 463. The number of benzene rings is 2.